The van der Waals surface area contributed by atoms with E-state index in [4.69, 9.17) is 5.73 Å². The number of hydrogen-bond acceptors (Lipinski definition) is 4. The molecule has 19 heavy (non-hydrogen) atoms. The largest absolute Gasteiger partial charge is 0.383 e. The summed E-state index contributed by atoms with van der Waals surface area (Å²) in [5, 5.41) is 3.31. The highest BCUT2D eigenvalue weighted by molar-refractivity contribution is 5.48. The third kappa shape index (κ3) is 2.88. The Balaban J connectivity index is 2.48. The molecule has 3 N–H and O–H groups in total. The minimum atomic E-state index is -0.352. The first-order chi connectivity index (χ1) is 9.13. The minimum Gasteiger partial charge on any atom is -0.383 e. The zero-order valence-corrected chi connectivity index (χ0v) is 11.0. The van der Waals surface area contributed by atoms with E-state index in [1.807, 2.05) is 19.9 Å². The molecule has 0 aliphatic heterocycles. The number of nitrogens with two attached hydrogens (primary N) is 1. The fourth-order valence-corrected chi connectivity index (χ4v) is 2.08. The zero-order valence-electron chi connectivity index (χ0n) is 11.0. The van der Waals surface area contributed by atoms with Gasteiger partial charge in [0, 0.05) is 11.8 Å². The molecule has 1 atom stereocenters. The first-order valence-corrected chi connectivity index (χ1v) is 6.19. The standard InChI is InChI=1S/C14H17FN4/c1-3-17-13(11-5-4-10(15)8-19-11)12-9(2)6-7-18-14(12)16/h4-8,13,17H,3H2,1-2H3,(H2,16,18). The first kappa shape index (κ1) is 13.4. The Morgan fingerprint density at radius 2 is 2.11 bits per heavy atom. The molecule has 0 spiro atoms. The number of aromatic nitrogens is 2. The summed E-state index contributed by atoms with van der Waals surface area (Å²) in [6.07, 6.45) is 2.89. The molecule has 0 fully saturated rings. The predicted molar refractivity (Wildman–Crippen MR) is 73.1 cm³/mol. The van der Waals surface area contributed by atoms with Crippen LogP contribution < -0.4 is 11.1 Å². The van der Waals surface area contributed by atoms with Crippen molar-refractivity contribution in [2.45, 2.75) is 19.9 Å². The molecule has 0 aromatic carbocycles. The molecular weight excluding hydrogens is 243 g/mol. The molecule has 0 bridgehead atoms. The van der Waals surface area contributed by atoms with Crippen LogP contribution in [0.1, 0.15) is 29.8 Å². The van der Waals surface area contributed by atoms with Crippen molar-refractivity contribution in [2.75, 3.05) is 12.3 Å². The van der Waals surface area contributed by atoms with E-state index in [9.17, 15) is 4.39 Å². The zero-order chi connectivity index (χ0) is 13.8. The van der Waals surface area contributed by atoms with E-state index < -0.39 is 0 Å². The maximum atomic E-state index is 13.0. The van der Waals surface area contributed by atoms with Crippen LogP contribution in [0.5, 0.6) is 0 Å². The van der Waals surface area contributed by atoms with Crippen molar-refractivity contribution < 1.29 is 4.39 Å². The second-order valence-corrected chi connectivity index (χ2v) is 4.32. The van der Waals surface area contributed by atoms with Crippen LogP contribution in [-0.4, -0.2) is 16.5 Å². The topological polar surface area (TPSA) is 63.8 Å². The van der Waals surface area contributed by atoms with Gasteiger partial charge in [-0.15, -0.1) is 0 Å². The predicted octanol–water partition coefficient (Wildman–Crippen LogP) is 2.21. The molecular formula is C14H17FN4. The van der Waals surface area contributed by atoms with Gasteiger partial charge in [0.1, 0.15) is 11.6 Å². The molecule has 100 valence electrons. The van der Waals surface area contributed by atoms with Crippen LogP contribution in [0.2, 0.25) is 0 Å². The van der Waals surface area contributed by atoms with E-state index in [1.54, 1.807) is 12.3 Å². The third-order valence-corrected chi connectivity index (χ3v) is 2.98. The van der Waals surface area contributed by atoms with Gasteiger partial charge in [-0.2, -0.15) is 0 Å². The Kier molecular flexibility index (Phi) is 4.06. The van der Waals surface area contributed by atoms with Gasteiger partial charge in [0.15, 0.2) is 0 Å². The lowest BCUT2D eigenvalue weighted by Gasteiger charge is -2.21. The number of nitrogens with zero attached hydrogens (tertiary/aromatic N) is 2. The molecule has 0 saturated carbocycles. The van der Waals surface area contributed by atoms with Crippen LogP contribution >= 0.6 is 0 Å². The number of pyridine rings is 2. The van der Waals surface area contributed by atoms with Gasteiger partial charge < -0.3 is 11.1 Å². The Morgan fingerprint density at radius 3 is 2.68 bits per heavy atom. The molecule has 4 nitrogen and oxygen atoms in total. The summed E-state index contributed by atoms with van der Waals surface area (Å²) >= 11 is 0. The lowest BCUT2D eigenvalue weighted by atomic mass is 9.99. The van der Waals surface area contributed by atoms with Crippen molar-refractivity contribution in [1.82, 2.24) is 15.3 Å². The van der Waals surface area contributed by atoms with E-state index in [1.165, 1.54) is 12.3 Å². The van der Waals surface area contributed by atoms with E-state index in [0.717, 1.165) is 23.4 Å². The summed E-state index contributed by atoms with van der Waals surface area (Å²) in [5.74, 6) is 0.118. The fraction of sp³-hybridized carbons (Fsp3) is 0.286. The summed E-state index contributed by atoms with van der Waals surface area (Å²) in [6.45, 7) is 4.72. The average molecular weight is 260 g/mol. The summed E-state index contributed by atoms with van der Waals surface area (Å²) in [6, 6.07) is 4.78. The molecule has 0 radical (unpaired) electrons. The molecule has 0 amide bonds. The highest BCUT2D eigenvalue weighted by Crippen LogP contribution is 2.27. The second kappa shape index (κ2) is 5.75. The SMILES string of the molecule is CCNC(c1ccc(F)cn1)c1c(C)ccnc1N. The summed E-state index contributed by atoms with van der Waals surface area (Å²) in [7, 11) is 0. The molecule has 2 rings (SSSR count). The highest BCUT2D eigenvalue weighted by Gasteiger charge is 2.19. The van der Waals surface area contributed by atoms with Crippen LogP contribution in [0.3, 0.4) is 0 Å². The molecule has 2 aromatic rings. The number of aryl methyl sites for hydroxylation is 1. The van der Waals surface area contributed by atoms with Crippen LogP contribution in [0.15, 0.2) is 30.6 Å². The van der Waals surface area contributed by atoms with Gasteiger partial charge >= 0.3 is 0 Å². The second-order valence-electron chi connectivity index (χ2n) is 4.32. The van der Waals surface area contributed by atoms with Crippen molar-refractivity contribution in [3.8, 4) is 0 Å². The lowest BCUT2D eigenvalue weighted by Crippen LogP contribution is -2.25. The van der Waals surface area contributed by atoms with Crippen molar-refractivity contribution in [2.24, 2.45) is 0 Å². The molecule has 0 aliphatic carbocycles. The van der Waals surface area contributed by atoms with Crippen molar-refractivity contribution >= 4 is 5.82 Å². The van der Waals surface area contributed by atoms with Gasteiger partial charge in [0.2, 0.25) is 0 Å². The molecule has 1 unspecified atom stereocenters. The number of anilines is 1. The summed E-state index contributed by atoms with van der Waals surface area (Å²) in [5.41, 5.74) is 8.62. The maximum Gasteiger partial charge on any atom is 0.141 e. The van der Waals surface area contributed by atoms with E-state index >= 15 is 0 Å². The number of nitrogens with one attached hydrogen (secondary N) is 1. The molecule has 5 heteroatoms. The Labute approximate surface area is 111 Å². The van der Waals surface area contributed by atoms with Gasteiger partial charge in [-0.3, -0.25) is 4.98 Å². The van der Waals surface area contributed by atoms with Crippen molar-refractivity contribution in [3.63, 3.8) is 0 Å². The smallest absolute Gasteiger partial charge is 0.141 e. The molecule has 0 saturated heterocycles. The Hall–Kier alpha value is -2.01. The molecule has 2 heterocycles. The van der Waals surface area contributed by atoms with E-state index in [0.29, 0.717) is 5.82 Å². The number of rotatable bonds is 4. The monoisotopic (exact) mass is 260 g/mol. The van der Waals surface area contributed by atoms with E-state index in [2.05, 4.69) is 15.3 Å². The summed E-state index contributed by atoms with van der Waals surface area (Å²) < 4.78 is 13.0. The average Bonchev–Trinajstić information content (AvgIpc) is 2.38. The number of nitrogen functional groups attached to an aromatic ring is 1. The van der Waals surface area contributed by atoms with Gasteiger partial charge in [-0.1, -0.05) is 6.92 Å². The van der Waals surface area contributed by atoms with Gasteiger partial charge in [0.25, 0.3) is 0 Å². The Bertz CT molecular complexity index is 534. The van der Waals surface area contributed by atoms with Crippen molar-refractivity contribution in [3.05, 3.63) is 53.2 Å². The lowest BCUT2D eigenvalue weighted by molar-refractivity contribution is 0.593. The minimum absolute atomic E-state index is 0.181. The highest BCUT2D eigenvalue weighted by atomic mass is 19.1. The summed E-state index contributed by atoms with van der Waals surface area (Å²) in [4.78, 5) is 8.26. The van der Waals surface area contributed by atoms with Crippen LogP contribution in [-0.2, 0) is 0 Å². The van der Waals surface area contributed by atoms with Crippen LogP contribution in [0, 0.1) is 12.7 Å². The number of halogens is 1. The third-order valence-electron chi connectivity index (χ3n) is 2.98. The number of hydrogen-bond donors (Lipinski definition) is 2. The van der Waals surface area contributed by atoms with Crippen molar-refractivity contribution in [1.29, 1.82) is 0 Å². The fourth-order valence-electron chi connectivity index (χ4n) is 2.08. The normalized spacial score (nSPS) is 12.4. The van der Waals surface area contributed by atoms with Crippen LogP contribution in [0.25, 0.3) is 0 Å². The Morgan fingerprint density at radius 1 is 1.32 bits per heavy atom. The van der Waals surface area contributed by atoms with Crippen LogP contribution in [0.4, 0.5) is 10.2 Å². The van der Waals surface area contributed by atoms with Gasteiger partial charge in [0.05, 0.1) is 17.9 Å². The molecule has 0 aliphatic rings. The first-order valence-electron chi connectivity index (χ1n) is 6.19. The van der Waals surface area contributed by atoms with Gasteiger partial charge in [-0.25, -0.2) is 9.37 Å². The molecule has 2 aromatic heterocycles. The maximum absolute atomic E-state index is 13.0. The quantitative estimate of drug-likeness (QED) is 0.884. The van der Waals surface area contributed by atoms with Gasteiger partial charge in [-0.05, 0) is 37.2 Å². The van der Waals surface area contributed by atoms with E-state index in [-0.39, 0.29) is 11.9 Å².